The molecule has 1 fully saturated rings. The Labute approximate surface area is 138 Å². The molecule has 0 atom stereocenters. The number of hydrogen-bond donors (Lipinski definition) is 0. The smallest absolute Gasteiger partial charge is 0.345 e. The normalized spacial score (nSPS) is 16.1. The van der Waals surface area contributed by atoms with Crippen LogP contribution in [-0.2, 0) is 4.74 Å². The van der Waals surface area contributed by atoms with Crippen molar-refractivity contribution < 1.29 is 23.7 Å². The molecule has 2 aliphatic heterocycles. The first-order valence-electron chi connectivity index (χ1n) is 7.70. The molecule has 0 spiro atoms. The van der Waals surface area contributed by atoms with Crippen molar-refractivity contribution in [3.8, 4) is 17.2 Å². The number of morpholine rings is 1. The summed E-state index contributed by atoms with van der Waals surface area (Å²) < 4.78 is 21.2. The Hall–Kier alpha value is -2.80. The standard InChI is InChI=1S/C17H16N2O5/c20-17(24-13-2-3-14-15(9-13)23-11-22-14)12-1-4-16(18-10-12)19-5-7-21-8-6-19/h1-4,9-10H,5-8,11H2. The second-order valence-electron chi connectivity index (χ2n) is 5.41. The SMILES string of the molecule is O=C(Oc1ccc2c(c1)OCO2)c1ccc(N2CCOCC2)nc1. The Morgan fingerprint density at radius 1 is 1.08 bits per heavy atom. The van der Waals surface area contributed by atoms with Gasteiger partial charge in [0.2, 0.25) is 6.79 Å². The van der Waals surface area contributed by atoms with Crippen molar-refractivity contribution in [2.75, 3.05) is 38.0 Å². The Balaban J connectivity index is 1.44. The van der Waals surface area contributed by atoms with Crippen LogP contribution in [0.25, 0.3) is 0 Å². The first kappa shape index (κ1) is 14.8. The highest BCUT2D eigenvalue weighted by Gasteiger charge is 2.17. The van der Waals surface area contributed by atoms with Crippen molar-refractivity contribution in [1.29, 1.82) is 0 Å². The highest BCUT2D eigenvalue weighted by Crippen LogP contribution is 2.35. The van der Waals surface area contributed by atoms with Gasteiger partial charge < -0.3 is 23.8 Å². The molecule has 7 nitrogen and oxygen atoms in total. The Morgan fingerprint density at radius 2 is 1.92 bits per heavy atom. The van der Waals surface area contributed by atoms with E-state index < -0.39 is 5.97 Å². The minimum atomic E-state index is -0.463. The van der Waals surface area contributed by atoms with Crippen LogP contribution in [0.5, 0.6) is 17.2 Å². The lowest BCUT2D eigenvalue weighted by molar-refractivity contribution is 0.0734. The van der Waals surface area contributed by atoms with E-state index in [-0.39, 0.29) is 6.79 Å². The maximum Gasteiger partial charge on any atom is 0.345 e. The van der Waals surface area contributed by atoms with Gasteiger partial charge in [-0.05, 0) is 24.3 Å². The number of esters is 1. The van der Waals surface area contributed by atoms with Gasteiger partial charge in [0.05, 0.1) is 18.8 Å². The zero-order valence-electron chi connectivity index (χ0n) is 12.9. The van der Waals surface area contributed by atoms with Gasteiger partial charge in [-0.3, -0.25) is 0 Å². The number of benzene rings is 1. The molecule has 0 radical (unpaired) electrons. The highest BCUT2D eigenvalue weighted by atomic mass is 16.7. The fourth-order valence-electron chi connectivity index (χ4n) is 2.59. The molecule has 0 saturated carbocycles. The average Bonchev–Trinajstić information content (AvgIpc) is 3.10. The average molecular weight is 328 g/mol. The zero-order valence-corrected chi connectivity index (χ0v) is 12.9. The summed E-state index contributed by atoms with van der Waals surface area (Å²) in [5.41, 5.74) is 0.393. The highest BCUT2D eigenvalue weighted by molar-refractivity contribution is 5.91. The summed E-state index contributed by atoms with van der Waals surface area (Å²) in [6.45, 7) is 3.16. The molecule has 3 heterocycles. The number of carbonyl (C=O) groups is 1. The fraction of sp³-hybridized carbons (Fsp3) is 0.294. The van der Waals surface area contributed by atoms with E-state index in [1.807, 2.05) is 6.07 Å². The van der Waals surface area contributed by atoms with Gasteiger partial charge in [-0.2, -0.15) is 0 Å². The molecule has 2 aliphatic rings. The van der Waals surface area contributed by atoms with E-state index in [4.69, 9.17) is 18.9 Å². The molecule has 124 valence electrons. The number of hydrogen-bond acceptors (Lipinski definition) is 7. The molecular weight excluding hydrogens is 312 g/mol. The minimum absolute atomic E-state index is 0.180. The first-order chi connectivity index (χ1) is 11.8. The third kappa shape index (κ3) is 2.98. The monoisotopic (exact) mass is 328 g/mol. The first-order valence-corrected chi connectivity index (χ1v) is 7.70. The number of aromatic nitrogens is 1. The lowest BCUT2D eigenvalue weighted by atomic mass is 10.2. The van der Waals surface area contributed by atoms with Crippen LogP contribution in [0.4, 0.5) is 5.82 Å². The van der Waals surface area contributed by atoms with Crippen LogP contribution in [0.15, 0.2) is 36.5 Å². The predicted octanol–water partition coefficient (Wildman–Crippen LogP) is 1.87. The third-order valence-corrected chi connectivity index (χ3v) is 3.87. The Bertz CT molecular complexity index is 741. The lowest BCUT2D eigenvalue weighted by Crippen LogP contribution is -2.36. The molecule has 1 aromatic carbocycles. The van der Waals surface area contributed by atoms with E-state index in [9.17, 15) is 4.79 Å². The number of carbonyl (C=O) groups excluding carboxylic acids is 1. The van der Waals surface area contributed by atoms with Crippen molar-refractivity contribution in [1.82, 2.24) is 4.98 Å². The molecule has 4 rings (SSSR count). The number of anilines is 1. The molecule has 0 amide bonds. The summed E-state index contributed by atoms with van der Waals surface area (Å²) in [5.74, 6) is 1.99. The summed E-state index contributed by atoms with van der Waals surface area (Å²) >= 11 is 0. The van der Waals surface area contributed by atoms with Gasteiger partial charge in [-0.1, -0.05) is 0 Å². The molecular formula is C17H16N2O5. The van der Waals surface area contributed by atoms with Gasteiger partial charge >= 0.3 is 5.97 Å². The molecule has 1 aromatic heterocycles. The molecule has 0 bridgehead atoms. The number of ether oxygens (including phenoxy) is 4. The van der Waals surface area contributed by atoms with Crippen LogP contribution in [0, 0.1) is 0 Å². The van der Waals surface area contributed by atoms with Gasteiger partial charge in [0.1, 0.15) is 11.6 Å². The van der Waals surface area contributed by atoms with Gasteiger partial charge in [-0.15, -0.1) is 0 Å². The topological polar surface area (TPSA) is 70.1 Å². The summed E-state index contributed by atoms with van der Waals surface area (Å²) in [7, 11) is 0. The van der Waals surface area contributed by atoms with Crippen LogP contribution in [0.3, 0.4) is 0 Å². The molecule has 0 N–H and O–H groups in total. The van der Waals surface area contributed by atoms with E-state index in [1.165, 1.54) is 6.20 Å². The molecule has 0 unspecified atom stereocenters. The largest absolute Gasteiger partial charge is 0.454 e. The van der Waals surface area contributed by atoms with Gasteiger partial charge in [0, 0.05) is 25.4 Å². The van der Waals surface area contributed by atoms with Crippen molar-refractivity contribution in [3.05, 3.63) is 42.1 Å². The molecule has 24 heavy (non-hydrogen) atoms. The fourth-order valence-corrected chi connectivity index (χ4v) is 2.59. The van der Waals surface area contributed by atoms with Crippen LogP contribution in [0.2, 0.25) is 0 Å². The zero-order chi connectivity index (χ0) is 16.4. The van der Waals surface area contributed by atoms with Gasteiger partial charge in [0.15, 0.2) is 11.5 Å². The molecule has 7 heteroatoms. The van der Waals surface area contributed by atoms with Crippen LogP contribution in [0.1, 0.15) is 10.4 Å². The Morgan fingerprint density at radius 3 is 2.71 bits per heavy atom. The number of fused-ring (bicyclic) bond motifs is 1. The second kappa shape index (κ2) is 6.37. The van der Waals surface area contributed by atoms with E-state index in [0.29, 0.717) is 36.0 Å². The molecule has 0 aliphatic carbocycles. The predicted molar refractivity (Wildman–Crippen MR) is 84.8 cm³/mol. The Kier molecular flexibility index (Phi) is 3.92. The summed E-state index contributed by atoms with van der Waals surface area (Å²) in [6.07, 6.45) is 1.53. The molecule has 1 saturated heterocycles. The maximum absolute atomic E-state index is 12.2. The lowest BCUT2D eigenvalue weighted by Gasteiger charge is -2.27. The van der Waals surface area contributed by atoms with Crippen LogP contribution in [-0.4, -0.2) is 44.0 Å². The summed E-state index contributed by atoms with van der Waals surface area (Å²) in [5, 5.41) is 0. The van der Waals surface area contributed by atoms with Crippen molar-refractivity contribution in [2.24, 2.45) is 0 Å². The number of nitrogens with zero attached hydrogens (tertiary/aromatic N) is 2. The van der Waals surface area contributed by atoms with E-state index in [0.717, 1.165) is 18.9 Å². The molecule has 2 aromatic rings. The van der Waals surface area contributed by atoms with Gasteiger partial charge in [-0.25, -0.2) is 9.78 Å². The second-order valence-corrected chi connectivity index (χ2v) is 5.41. The van der Waals surface area contributed by atoms with Crippen molar-refractivity contribution in [2.45, 2.75) is 0 Å². The summed E-state index contributed by atoms with van der Waals surface area (Å²) in [4.78, 5) is 18.7. The van der Waals surface area contributed by atoms with Crippen LogP contribution < -0.4 is 19.1 Å². The van der Waals surface area contributed by atoms with Crippen molar-refractivity contribution in [3.63, 3.8) is 0 Å². The van der Waals surface area contributed by atoms with E-state index >= 15 is 0 Å². The minimum Gasteiger partial charge on any atom is -0.454 e. The maximum atomic E-state index is 12.2. The number of rotatable bonds is 3. The van der Waals surface area contributed by atoms with Gasteiger partial charge in [0.25, 0.3) is 0 Å². The van der Waals surface area contributed by atoms with Crippen LogP contribution >= 0.6 is 0 Å². The quantitative estimate of drug-likeness (QED) is 0.629. The van der Waals surface area contributed by atoms with E-state index in [2.05, 4.69) is 9.88 Å². The summed E-state index contributed by atoms with van der Waals surface area (Å²) in [6, 6.07) is 8.55. The third-order valence-electron chi connectivity index (χ3n) is 3.87. The van der Waals surface area contributed by atoms with E-state index in [1.54, 1.807) is 24.3 Å². The van der Waals surface area contributed by atoms with Crippen molar-refractivity contribution >= 4 is 11.8 Å². The number of pyridine rings is 1.